The second-order valence-electron chi connectivity index (χ2n) is 8.83. The van der Waals surface area contributed by atoms with Gasteiger partial charge in [0.15, 0.2) is 10.8 Å². The lowest BCUT2D eigenvalue weighted by Gasteiger charge is -2.47. The first-order valence-electron chi connectivity index (χ1n) is 12.0. The van der Waals surface area contributed by atoms with Crippen LogP contribution in [0.3, 0.4) is 0 Å². The fourth-order valence-electron chi connectivity index (χ4n) is 4.69. The predicted molar refractivity (Wildman–Crippen MR) is 155 cm³/mol. The van der Waals surface area contributed by atoms with Crippen LogP contribution < -0.4 is 14.8 Å². The van der Waals surface area contributed by atoms with Gasteiger partial charge in [0.25, 0.3) is 0 Å². The van der Waals surface area contributed by atoms with E-state index in [1.807, 2.05) is 101 Å². The van der Waals surface area contributed by atoms with Crippen LogP contribution in [-0.4, -0.2) is 23.6 Å². The second kappa shape index (κ2) is 9.67. The molecule has 4 aromatic rings. The molecule has 0 saturated heterocycles. The zero-order chi connectivity index (χ0) is 26.3. The Morgan fingerprint density at radius 2 is 1.45 bits per heavy atom. The maximum Gasteiger partial charge on any atom is 0.234 e. The van der Waals surface area contributed by atoms with Gasteiger partial charge >= 0.3 is 0 Å². The fourth-order valence-corrected chi connectivity index (χ4v) is 6.10. The van der Waals surface area contributed by atoms with Gasteiger partial charge in [0.2, 0.25) is 4.99 Å². The largest absolute Gasteiger partial charge is 0.497 e. The highest BCUT2D eigenvalue weighted by Gasteiger charge is 2.55. The van der Waals surface area contributed by atoms with Crippen molar-refractivity contribution in [3.8, 4) is 5.75 Å². The molecule has 2 aliphatic rings. The van der Waals surface area contributed by atoms with E-state index in [9.17, 15) is 4.79 Å². The van der Waals surface area contributed by atoms with Crippen molar-refractivity contribution in [1.82, 2.24) is 0 Å². The number of hydrogen-bond acceptors (Lipinski definition) is 7. The van der Waals surface area contributed by atoms with Crippen LogP contribution in [0.4, 0.5) is 11.4 Å². The SMILES string of the molecule is COc1ccc(N2N=C(C(C)=O)S[C@]23c2ccccc2C(c2ccc(Cl)cc2)=NN3c2ccccc2)cc1. The molecular formula is C30H23ClN4O2S. The molecule has 1 spiro atoms. The maximum atomic E-state index is 12.8. The predicted octanol–water partition coefficient (Wildman–Crippen LogP) is 6.89. The highest BCUT2D eigenvalue weighted by atomic mass is 35.5. The molecule has 1 atom stereocenters. The van der Waals surface area contributed by atoms with E-state index >= 15 is 0 Å². The van der Waals surface area contributed by atoms with E-state index in [4.69, 9.17) is 26.5 Å². The number of Topliss-reactive ketones (excluding diaryl/α,β-unsaturated/α-hetero) is 1. The topological polar surface area (TPSA) is 57.5 Å². The second-order valence-corrected chi connectivity index (χ2v) is 10.4. The number of ketones is 1. The summed E-state index contributed by atoms with van der Waals surface area (Å²) in [6.07, 6.45) is 0. The Kier molecular flexibility index (Phi) is 6.18. The third kappa shape index (κ3) is 3.95. The van der Waals surface area contributed by atoms with Crippen LogP contribution in [0.15, 0.2) is 113 Å². The first-order valence-corrected chi connectivity index (χ1v) is 13.2. The van der Waals surface area contributed by atoms with E-state index < -0.39 is 4.99 Å². The van der Waals surface area contributed by atoms with Crippen LogP contribution in [0.1, 0.15) is 23.6 Å². The molecule has 38 heavy (non-hydrogen) atoms. The summed E-state index contributed by atoms with van der Waals surface area (Å²) in [6.45, 7) is 1.54. The Bertz CT molecular complexity index is 1570. The average Bonchev–Trinajstić information content (AvgIpc) is 3.36. The summed E-state index contributed by atoms with van der Waals surface area (Å²) in [5.41, 5.74) is 5.31. The van der Waals surface area contributed by atoms with Crippen molar-refractivity contribution >= 4 is 51.3 Å². The molecule has 4 aromatic carbocycles. The van der Waals surface area contributed by atoms with Gasteiger partial charge in [0.1, 0.15) is 5.75 Å². The molecule has 188 valence electrons. The van der Waals surface area contributed by atoms with Crippen molar-refractivity contribution in [1.29, 1.82) is 0 Å². The van der Waals surface area contributed by atoms with Crippen LogP contribution in [0, 0.1) is 0 Å². The number of hydrogen-bond donors (Lipinski definition) is 0. The Balaban J connectivity index is 1.64. The fraction of sp³-hybridized carbons (Fsp3) is 0.100. The lowest BCUT2D eigenvalue weighted by Crippen LogP contribution is -2.54. The van der Waals surface area contributed by atoms with Crippen LogP contribution in [0.2, 0.25) is 5.02 Å². The molecule has 0 bridgehead atoms. The van der Waals surface area contributed by atoms with Crippen molar-refractivity contribution in [3.05, 3.63) is 125 Å². The minimum atomic E-state index is -0.997. The van der Waals surface area contributed by atoms with Gasteiger partial charge in [-0.1, -0.05) is 66.2 Å². The third-order valence-corrected chi connectivity index (χ3v) is 8.14. The first kappa shape index (κ1) is 24.3. The normalized spacial score (nSPS) is 18.2. The number of thioether (sulfide) groups is 1. The molecule has 6 nitrogen and oxygen atoms in total. The van der Waals surface area contributed by atoms with Crippen LogP contribution in [-0.2, 0) is 9.79 Å². The van der Waals surface area contributed by atoms with E-state index in [2.05, 4.69) is 12.1 Å². The summed E-state index contributed by atoms with van der Waals surface area (Å²) in [4.78, 5) is 11.8. The summed E-state index contributed by atoms with van der Waals surface area (Å²) >= 11 is 7.60. The minimum Gasteiger partial charge on any atom is -0.497 e. The molecule has 0 radical (unpaired) electrons. The van der Waals surface area contributed by atoms with E-state index in [1.54, 1.807) is 14.0 Å². The molecule has 2 aliphatic heterocycles. The van der Waals surface area contributed by atoms with Gasteiger partial charge in [-0.25, -0.2) is 10.0 Å². The Hall–Kier alpha value is -4.07. The Morgan fingerprint density at radius 3 is 2.13 bits per heavy atom. The number of benzene rings is 4. The van der Waals surface area contributed by atoms with Crippen molar-refractivity contribution in [2.75, 3.05) is 17.1 Å². The van der Waals surface area contributed by atoms with Crippen LogP contribution in [0.5, 0.6) is 5.75 Å². The van der Waals surface area contributed by atoms with Crippen LogP contribution >= 0.6 is 23.4 Å². The van der Waals surface area contributed by atoms with E-state index in [-0.39, 0.29) is 5.78 Å². The molecule has 0 aliphatic carbocycles. The van der Waals surface area contributed by atoms with Crippen molar-refractivity contribution in [2.24, 2.45) is 10.2 Å². The standard InChI is InChI=1S/C30H23ClN4O2S/c1-20(36)29-33-35(24-16-18-25(37-2)19-17-24)30(38-29)27-11-7-6-10-26(27)28(21-12-14-22(31)15-13-21)32-34(30)23-8-4-3-5-9-23/h3-19H,1-2H3/t30-/m0/s1. The zero-order valence-corrected chi connectivity index (χ0v) is 22.3. The lowest BCUT2D eigenvalue weighted by atomic mass is 9.93. The third-order valence-electron chi connectivity index (χ3n) is 6.47. The number of para-hydroxylation sites is 1. The summed E-state index contributed by atoms with van der Waals surface area (Å²) < 4.78 is 5.39. The Labute approximate surface area is 230 Å². The minimum absolute atomic E-state index is 0.108. The van der Waals surface area contributed by atoms with Crippen LogP contribution in [0.25, 0.3) is 0 Å². The highest BCUT2D eigenvalue weighted by molar-refractivity contribution is 8.17. The molecule has 0 saturated carbocycles. The zero-order valence-electron chi connectivity index (χ0n) is 20.7. The van der Waals surface area contributed by atoms with Gasteiger partial charge in [-0.05, 0) is 60.3 Å². The first-order chi connectivity index (χ1) is 18.5. The number of methoxy groups -OCH3 is 1. The molecule has 0 N–H and O–H groups in total. The number of carbonyl (C=O) groups excluding carboxylic acids is 1. The van der Waals surface area contributed by atoms with Crippen molar-refractivity contribution in [3.63, 3.8) is 0 Å². The van der Waals surface area contributed by atoms with E-state index in [0.717, 1.165) is 39.5 Å². The van der Waals surface area contributed by atoms with Gasteiger partial charge in [0.05, 0.1) is 24.2 Å². The van der Waals surface area contributed by atoms with Gasteiger partial charge < -0.3 is 4.74 Å². The molecule has 6 rings (SSSR count). The van der Waals surface area contributed by atoms with Gasteiger partial charge in [-0.3, -0.25) is 4.79 Å². The maximum absolute atomic E-state index is 12.8. The van der Waals surface area contributed by atoms with Gasteiger partial charge in [-0.2, -0.15) is 10.2 Å². The summed E-state index contributed by atoms with van der Waals surface area (Å²) in [6, 6.07) is 33.4. The number of nitrogens with zero attached hydrogens (tertiary/aromatic N) is 4. The number of hydrazone groups is 2. The number of carbonyl (C=O) groups is 1. The molecule has 0 unspecified atom stereocenters. The average molecular weight is 539 g/mol. The number of rotatable bonds is 5. The summed E-state index contributed by atoms with van der Waals surface area (Å²) in [5, 5.41) is 15.1. The number of ether oxygens (including phenoxy) is 1. The quantitative estimate of drug-likeness (QED) is 0.277. The van der Waals surface area contributed by atoms with E-state index in [1.165, 1.54) is 11.8 Å². The highest BCUT2D eigenvalue weighted by Crippen LogP contribution is 2.55. The molecule has 0 fully saturated rings. The van der Waals surface area contributed by atoms with Gasteiger partial charge in [-0.15, -0.1) is 0 Å². The molecule has 8 heteroatoms. The molecule has 2 heterocycles. The molecule has 0 aromatic heterocycles. The molecular weight excluding hydrogens is 516 g/mol. The number of fused-ring (bicyclic) bond motifs is 2. The van der Waals surface area contributed by atoms with Gasteiger partial charge in [0, 0.05) is 28.6 Å². The number of halogens is 1. The monoisotopic (exact) mass is 538 g/mol. The van der Waals surface area contributed by atoms with Crippen molar-refractivity contribution < 1.29 is 9.53 Å². The summed E-state index contributed by atoms with van der Waals surface area (Å²) in [5.74, 6) is 0.626. The lowest BCUT2D eigenvalue weighted by molar-refractivity contribution is -0.110. The van der Waals surface area contributed by atoms with Crippen molar-refractivity contribution in [2.45, 2.75) is 11.9 Å². The number of anilines is 2. The Morgan fingerprint density at radius 1 is 0.816 bits per heavy atom. The molecule has 0 amide bonds. The summed E-state index contributed by atoms with van der Waals surface area (Å²) in [7, 11) is 1.63. The smallest absolute Gasteiger partial charge is 0.234 e. The van der Waals surface area contributed by atoms with E-state index in [0.29, 0.717) is 10.1 Å².